The van der Waals surface area contributed by atoms with Gasteiger partial charge in [0.05, 0.1) is 17.9 Å². The monoisotopic (exact) mass is 288 g/mol. The van der Waals surface area contributed by atoms with Gasteiger partial charge in [-0.05, 0) is 32.1 Å². The van der Waals surface area contributed by atoms with Gasteiger partial charge in [-0.1, -0.05) is 0 Å². The Morgan fingerprint density at radius 3 is 2.81 bits per heavy atom. The number of aromatic nitrogens is 2. The molecule has 2 heterocycles. The van der Waals surface area contributed by atoms with Crippen molar-refractivity contribution in [2.24, 2.45) is 4.99 Å². The van der Waals surface area contributed by atoms with Crippen LogP contribution in [0.25, 0.3) is 0 Å². The zero-order chi connectivity index (χ0) is 11.5. The van der Waals surface area contributed by atoms with Crippen LogP contribution < -0.4 is 14.9 Å². The average Bonchev–Trinajstić information content (AvgIpc) is 2.61. The van der Waals surface area contributed by atoms with Crippen LogP contribution in [0.15, 0.2) is 14.1 Å². The number of halogens is 1. The van der Waals surface area contributed by atoms with Gasteiger partial charge in [-0.3, -0.25) is 4.52 Å². The van der Waals surface area contributed by atoms with E-state index in [0.29, 0.717) is 4.60 Å². The maximum Gasteiger partial charge on any atom is 0.374 e. The molecule has 88 valence electrons. The molecule has 1 saturated heterocycles. The first-order valence-corrected chi connectivity index (χ1v) is 6.03. The van der Waals surface area contributed by atoms with Gasteiger partial charge >= 0.3 is 10.5 Å². The lowest BCUT2D eigenvalue weighted by Crippen LogP contribution is -2.61. The highest BCUT2D eigenvalue weighted by Crippen LogP contribution is 2.20. The van der Waals surface area contributed by atoms with Crippen molar-refractivity contribution >= 4 is 27.7 Å². The van der Waals surface area contributed by atoms with Gasteiger partial charge in [0.25, 0.3) is 0 Å². The minimum absolute atomic E-state index is 0.220. The maximum absolute atomic E-state index is 10.9. The van der Waals surface area contributed by atoms with Gasteiger partial charge in [0.15, 0.2) is 0 Å². The number of hydrogen-bond donors (Lipinski definition) is 0. The maximum atomic E-state index is 10.9. The molecule has 0 radical (unpaired) electrons. The van der Waals surface area contributed by atoms with E-state index in [9.17, 15) is 5.11 Å². The zero-order valence-electron chi connectivity index (χ0n) is 9.02. The molecule has 0 atom stereocenters. The van der Waals surface area contributed by atoms with Crippen LogP contribution in [0, 0.1) is 0 Å². The molecule has 2 rings (SSSR count). The fourth-order valence-electron chi connectivity index (χ4n) is 1.69. The predicted octanol–water partition coefficient (Wildman–Crippen LogP) is 0.257. The van der Waals surface area contributed by atoms with Crippen molar-refractivity contribution in [2.75, 3.05) is 18.1 Å². The summed E-state index contributed by atoms with van der Waals surface area (Å²) in [5.41, 5.74) is 0. The van der Waals surface area contributed by atoms with E-state index in [2.05, 4.69) is 31.2 Å². The Morgan fingerprint density at radius 2 is 2.19 bits per heavy atom. The van der Waals surface area contributed by atoms with Gasteiger partial charge in [-0.15, -0.1) is 0 Å². The smallest absolute Gasteiger partial charge is 0.374 e. The van der Waals surface area contributed by atoms with E-state index in [1.807, 2.05) is 0 Å². The van der Waals surface area contributed by atoms with E-state index < -0.39 is 0 Å². The fourth-order valence-corrected chi connectivity index (χ4v) is 2.14. The van der Waals surface area contributed by atoms with Crippen molar-refractivity contribution in [2.45, 2.75) is 26.2 Å². The van der Waals surface area contributed by atoms with Crippen LogP contribution in [0.3, 0.4) is 0 Å². The van der Waals surface area contributed by atoms with Crippen LogP contribution in [0.2, 0.25) is 0 Å². The first kappa shape index (κ1) is 11.4. The molecular weight excluding hydrogens is 276 g/mol. The lowest BCUT2D eigenvalue weighted by Gasteiger charge is -2.18. The molecule has 1 aliphatic rings. The SMILES string of the molecule is CC([O-])=Nc1on[n+](N2CCCCC2)c1Br. The molecule has 0 saturated carbocycles. The highest BCUT2D eigenvalue weighted by molar-refractivity contribution is 9.10. The second kappa shape index (κ2) is 4.82. The van der Waals surface area contributed by atoms with Crippen molar-refractivity contribution in [3.8, 4) is 0 Å². The molecule has 1 fully saturated rings. The van der Waals surface area contributed by atoms with Gasteiger partial charge in [-0.25, -0.2) is 4.99 Å². The van der Waals surface area contributed by atoms with Crippen LogP contribution in [-0.2, 0) is 0 Å². The first-order chi connectivity index (χ1) is 7.68. The largest absolute Gasteiger partial charge is 0.862 e. The van der Waals surface area contributed by atoms with Gasteiger partial charge in [0, 0.05) is 15.9 Å². The Bertz CT molecular complexity index is 394. The fraction of sp³-hybridized carbons (Fsp3) is 0.667. The van der Waals surface area contributed by atoms with Crippen molar-refractivity contribution in [1.29, 1.82) is 0 Å². The summed E-state index contributed by atoms with van der Waals surface area (Å²) in [6.07, 6.45) is 3.54. The number of aliphatic imine (C=N–C) groups is 1. The Hall–Kier alpha value is -1.11. The van der Waals surface area contributed by atoms with E-state index in [0.717, 1.165) is 25.9 Å². The molecule has 0 N–H and O–H groups in total. The summed E-state index contributed by atoms with van der Waals surface area (Å²) in [4.78, 5) is 5.34. The third kappa shape index (κ3) is 2.34. The van der Waals surface area contributed by atoms with E-state index in [1.165, 1.54) is 13.3 Å². The van der Waals surface area contributed by atoms with Crippen LogP contribution in [0.5, 0.6) is 0 Å². The van der Waals surface area contributed by atoms with Crippen molar-refractivity contribution in [3.05, 3.63) is 4.60 Å². The average molecular weight is 289 g/mol. The van der Waals surface area contributed by atoms with Gasteiger partial charge in [0.2, 0.25) is 5.27 Å². The van der Waals surface area contributed by atoms with E-state index in [1.54, 1.807) is 4.79 Å². The molecule has 0 amide bonds. The molecule has 0 spiro atoms. The summed E-state index contributed by atoms with van der Waals surface area (Å²) in [5.74, 6) is -0.0827. The van der Waals surface area contributed by atoms with Crippen LogP contribution in [-0.4, -0.2) is 24.3 Å². The standard InChI is InChI=1S/C9H13BrN4O2/c1-7(15)11-9-8(10)14(12-16-9)13-5-3-2-4-6-13/h2-6H2,1H3. The van der Waals surface area contributed by atoms with Crippen LogP contribution >= 0.6 is 15.9 Å². The molecule has 1 aromatic rings. The summed E-state index contributed by atoms with van der Waals surface area (Å²) < 4.78 is 5.58. The summed E-state index contributed by atoms with van der Waals surface area (Å²) in [6, 6.07) is 0. The lowest BCUT2D eigenvalue weighted by molar-refractivity contribution is -0.768. The normalized spacial score (nSPS) is 17.9. The Kier molecular flexibility index (Phi) is 3.42. The Balaban J connectivity index is 2.22. The highest BCUT2D eigenvalue weighted by Gasteiger charge is 2.29. The van der Waals surface area contributed by atoms with Gasteiger partial charge < -0.3 is 5.11 Å². The summed E-state index contributed by atoms with van der Waals surface area (Å²) in [7, 11) is 0. The van der Waals surface area contributed by atoms with Crippen LogP contribution in [0.1, 0.15) is 26.2 Å². The molecular formula is C9H13BrN4O2. The molecule has 0 aromatic carbocycles. The molecule has 0 unspecified atom stereocenters. The number of hydrogen-bond acceptors (Lipinski definition) is 5. The topological polar surface area (TPSA) is 68.6 Å². The lowest BCUT2D eigenvalue weighted by atomic mass is 10.2. The minimum Gasteiger partial charge on any atom is -0.862 e. The quantitative estimate of drug-likeness (QED) is 0.445. The second-order valence-corrected chi connectivity index (χ2v) is 4.45. The number of nitrogens with zero attached hydrogens (tertiary/aromatic N) is 4. The zero-order valence-corrected chi connectivity index (χ0v) is 10.6. The molecule has 1 aliphatic heterocycles. The Labute approximate surface area is 102 Å². The Morgan fingerprint density at radius 1 is 1.50 bits per heavy atom. The number of piperidine rings is 1. The first-order valence-electron chi connectivity index (χ1n) is 5.23. The summed E-state index contributed by atoms with van der Waals surface area (Å²) >= 11 is 3.33. The van der Waals surface area contributed by atoms with Gasteiger partial charge in [-0.2, -0.15) is 5.01 Å². The van der Waals surface area contributed by atoms with Crippen molar-refractivity contribution in [3.63, 3.8) is 0 Å². The molecule has 7 heteroatoms. The predicted molar refractivity (Wildman–Crippen MR) is 59.0 cm³/mol. The third-order valence-electron chi connectivity index (χ3n) is 2.42. The third-order valence-corrected chi connectivity index (χ3v) is 3.07. The van der Waals surface area contributed by atoms with Crippen molar-refractivity contribution < 1.29 is 14.4 Å². The van der Waals surface area contributed by atoms with Gasteiger partial charge in [0.1, 0.15) is 0 Å². The van der Waals surface area contributed by atoms with E-state index in [4.69, 9.17) is 4.52 Å². The van der Waals surface area contributed by atoms with E-state index in [-0.39, 0.29) is 11.8 Å². The molecule has 6 nitrogen and oxygen atoms in total. The minimum atomic E-state index is -0.303. The summed E-state index contributed by atoms with van der Waals surface area (Å²) in [5, 5.41) is 16.8. The highest BCUT2D eigenvalue weighted by atomic mass is 79.9. The van der Waals surface area contributed by atoms with Crippen LogP contribution in [0.4, 0.5) is 5.88 Å². The molecule has 0 aliphatic carbocycles. The van der Waals surface area contributed by atoms with Crippen molar-refractivity contribution in [1.82, 2.24) is 5.27 Å². The molecule has 1 aromatic heterocycles. The van der Waals surface area contributed by atoms with E-state index >= 15 is 0 Å². The molecule has 16 heavy (non-hydrogen) atoms. The number of rotatable bonds is 2. The summed E-state index contributed by atoms with van der Waals surface area (Å²) in [6.45, 7) is 3.25. The second-order valence-electron chi connectivity index (χ2n) is 3.70. The molecule has 0 bridgehead atoms.